The third kappa shape index (κ3) is 6.14. The summed E-state index contributed by atoms with van der Waals surface area (Å²) in [5.41, 5.74) is 0. The maximum atomic E-state index is 5.88. The molecule has 6 heteroatoms. The van der Waals surface area contributed by atoms with Crippen LogP contribution in [0.5, 0.6) is 34.5 Å². The molecule has 0 bridgehead atoms. The van der Waals surface area contributed by atoms with Crippen LogP contribution in [0.2, 0.25) is 0 Å². The summed E-state index contributed by atoms with van der Waals surface area (Å²) < 4.78 is 33.0. The van der Waals surface area contributed by atoms with Gasteiger partial charge in [-0.25, -0.2) is 0 Å². The molecule has 0 saturated carbocycles. The van der Waals surface area contributed by atoms with Crippen molar-refractivity contribution in [1.82, 2.24) is 0 Å². The normalized spacial score (nSPS) is 14.8. The molecule has 156 valence electrons. The maximum Gasteiger partial charge on any atom is 0.127 e. The molecule has 4 rings (SSSR count). The highest BCUT2D eigenvalue weighted by Gasteiger charge is 2.22. The molecule has 0 N–H and O–H groups in total. The molecule has 3 aromatic carbocycles. The number of benzene rings is 3. The molecular weight excluding hydrogens is 384 g/mol. The Labute approximate surface area is 175 Å². The summed E-state index contributed by atoms with van der Waals surface area (Å²) in [4.78, 5) is 0. The summed E-state index contributed by atoms with van der Waals surface area (Å²) >= 11 is 0. The molecule has 6 nitrogen and oxygen atoms in total. The molecule has 1 atom stereocenters. The van der Waals surface area contributed by atoms with Crippen LogP contribution in [0.25, 0.3) is 0 Å². The monoisotopic (exact) mass is 408 g/mol. The van der Waals surface area contributed by atoms with Gasteiger partial charge in [-0.2, -0.15) is 0 Å². The van der Waals surface area contributed by atoms with Gasteiger partial charge >= 0.3 is 0 Å². The highest BCUT2D eigenvalue weighted by molar-refractivity contribution is 5.40. The zero-order valence-corrected chi connectivity index (χ0v) is 16.8. The van der Waals surface area contributed by atoms with Crippen molar-refractivity contribution in [3.63, 3.8) is 0 Å². The van der Waals surface area contributed by atoms with E-state index in [0.717, 1.165) is 41.1 Å². The van der Waals surface area contributed by atoms with Crippen molar-refractivity contribution in [3.05, 3.63) is 72.8 Å². The minimum absolute atomic E-state index is 0.244. The highest BCUT2D eigenvalue weighted by Crippen LogP contribution is 2.28. The fraction of sp³-hybridized carbons (Fsp3) is 0.250. The van der Waals surface area contributed by atoms with Crippen molar-refractivity contribution in [2.45, 2.75) is 6.10 Å². The summed E-state index contributed by atoms with van der Waals surface area (Å²) in [6.07, 6.45) is 0.244. The van der Waals surface area contributed by atoms with Gasteiger partial charge in [0.15, 0.2) is 0 Å². The van der Waals surface area contributed by atoms with Gasteiger partial charge in [-0.3, -0.25) is 0 Å². The molecule has 0 spiro atoms. The van der Waals surface area contributed by atoms with Gasteiger partial charge in [0, 0.05) is 7.11 Å². The molecule has 1 heterocycles. The predicted octanol–water partition coefficient (Wildman–Crippen LogP) is 5.07. The summed E-state index contributed by atoms with van der Waals surface area (Å²) in [6, 6.07) is 22.5. The molecule has 0 amide bonds. The fourth-order valence-electron chi connectivity index (χ4n) is 2.65. The van der Waals surface area contributed by atoms with E-state index in [9.17, 15) is 0 Å². The second-order valence-corrected chi connectivity index (χ2v) is 6.73. The average Bonchev–Trinajstić information content (AvgIpc) is 3.61. The van der Waals surface area contributed by atoms with E-state index in [4.69, 9.17) is 28.4 Å². The molecule has 1 fully saturated rings. The highest BCUT2D eigenvalue weighted by atomic mass is 16.6. The van der Waals surface area contributed by atoms with Gasteiger partial charge in [0.2, 0.25) is 0 Å². The van der Waals surface area contributed by atoms with Gasteiger partial charge in [-0.1, -0.05) is 0 Å². The van der Waals surface area contributed by atoms with Crippen LogP contribution >= 0.6 is 0 Å². The number of ether oxygens (including phenoxy) is 6. The molecule has 30 heavy (non-hydrogen) atoms. The molecule has 1 aliphatic heterocycles. The van der Waals surface area contributed by atoms with Gasteiger partial charge in [0.05, 0.1) is 13.2 Å². The van der Waals surface area contributed by atoms with Crippen LogP contribution in [-0.4, -0.2) is 39.6 Å². The van der Waals surface area contributed by atoms with E-state index in [1.165, 1.54) is 0 Å². The van der Waals surface area contributed by atoms with E-state index in [1.54, 1.807) is 7.11 Å². The Morgan fingerprint density at radius 2 is 1.03 bits per heavy atom. The van der Waals surface area contributed by atoms with E-state index in [-0.39, 0.29) is 6.10 Å². The third-order valence-corrected chi connectivity index (χ3v) is 4.34. The van der Waals surface area contributed by atoms with E-state index < -0.39 is 0 Å². The van der Waals surface area contributed by atoms with E-state index in [1.807, 2.05) is 72.8 Å². The van der Waals surface area contributed by atoms with E-state index in [0.29, 0.717) is 19.8 Å². The van der Waals surface area contributed by atoms with Crippen molar-refractivity contribution < 1.29 is 28.4 Å². The molecular formula is C24H24O6. The van der Waals surface area contributed by atoms with Crippen LogP contribution in [-0.2, 0) is 9.47 Å². The van der Waals surface area contributed by atoms with Gasteiger partial charge in [-0.05, 0) is 72.8 Å². The number of hydrogen-bond donors (Lipinski definition) is 0. The van der Waals surface area contributed by atoms with Gasteiger partial charge < -0.3 is 28.4 Å². The van der Waals surface area contributed by atoms with Gasteiger partial charge in [0.1, 0.15) is 53.8 Å². The van der Waals surface area contributed by atoms with E-state index in [2.05, 4.69) is 0 Å². The molecule has 1 unspecified atom stereocenters. The Balaban J connectivity index is 1.27. The van der Waals surface area contributed by atoms with Gasteiger partial charge in [0.25, 0.3) is 0 Å². The molecule has 0 aliphatic carbocycles. The summed E-state index contributed by atoms with van der Waals surface area (Å²) in [6.45, 7) is 2.45. The van der Waals surface area contributed by atoms with Crippen LogP contribution < -0.4 is 18.9 Å². The Morgan fingerprint density at radius 3 is 1.43 bits per heavy atom. The lowest BCUT2D eigenvalue weighted by Crippen LogP contribution is -2.03. The first kappa shape index (κ1) is 20.1. The Bertz CT molecular complexity index is 902. The molecule has 0 aromatic heterocycles. The van der Waals surface area contributed by atoms with Crippen LogP contribution in [0.4, 0.5) is 0 Å². The molecule has 0 radical (unpaired) electrons. The smallest absolute Gasteiger partial charge is 0.127 e. The predicted molar refractivity (Wildman–Crippen MR) is 112 cm³/mol. The third-order valence-electron chi connectivity index (χ3n) is 4.34. The van der Waals surface area contributed by atoms with Crippen molar-refractivity contribution >= 4 is 0 Å². The summed E-state index contributed by atoms with van der Waals surface area (Å²) in [5, 5.41) is 0. The van der Waals surface area contributed by atoms with Crippen LogP contribution in [0, 0.1) is 0 Å². The van der Waals surface area contributed by atoms with Crippen molar-refractivity contribution in [3.8, 4) is 34.5 Å². The second-order valence-electron chi connectivity index (χ2n) is 6.73. The Morgan fingerprint density at radius 1 is 0.633 bits per heavy atom. The topological polar surface area (TPSA) is 58.7 Å². The number of methoxy groups -OCH3 is 1. The summed E-state index contributed by atoms with van der Waals surface area (Å²) in [7, 11) is 1.65. The molecule has 3 aromatic rings. The molecule has 1 aliphatic rings. The lowest BCUT2D eigenvalue weighted by Gasteiger charge is -2.10. The number of epoxide rings is 1. The Hall–Kier alpha value is -3.22. The zero-order valence-electron chi connectivity index (χ0n) is 16.8. The van der Waals surface area contributed by atoms with Gasteiger partial charge in [-0.15, -0.1) is 0 Å². The lowest BCUT2D eigenvalue weighted by atomic mass is 10.3. The quantitative estimate of drug-likeness (QED) is 0.326. The molecule has 1 saturated heterocycles. The summed E-state index contributed by atoms with van der Waals surface area (Å²) in [5.74, 6) is 4.50. The zero-order chi connectivity index (χ0) is 20.6. The minimum atomic E-state index is 0.244. The fourth-order valence-corrected chi connectivity index (χ4v) is 2.65. The first-order valence-corrected chi connectivity index (χ1v) is 9.80. The largest absolute Gasteiger partial charge is 0.491 e. The van der Waals surface area contributed by atoms with E-state index >= 15 is 0 Å². The van der Waals surface area contributed by atoms with Crippen molar-refractivity contribution in [2.24, 2.45) is 0 Å². The lowest BCUT2D eigenvalue weighted by molar-refractivity contribution is 0.146. The van der Waals surface area contributed by atoms with Crippen LogP contribution in [0.3, 0.4) is 0 Å². The van der Waals surface area contributed by atoms with Crippen molar-refractivity contribution in [1.29, 1.82) is 0 Å². The maximum absolute atomic E-state index is 5.88. The van der Waals surface area contributed by atoms with Crippen LogP contribution in [0.1, 0.15) is 0 Å². The second kappa shape index (κ2) is 10.0. The Kier molecular flexibility index (Phi) is 6.69. The SMILES string of the molecule is COCCOc1ccc(Oc2ccc(Oc3ccc(OCC4CO4)cc3)cc2)cc1. The van der Waals surface area contributed by atoms with Crippen LogP contribution in [0.15, 0.2) is 72.8 Å². The average molecular weight is 408 g/mol. The number of hydrogen-bond acceptors (Lipinski definition) is 6. The number of rotatable bonds is 11. The first-order chi connectivity index (χ1) is 14.8. The standard InChI is InChI=1S/C24H24O6/c1-25-14-15-26-18-2-6-20(7-3-18)29-22-10-12-23(13-11-22)30-21-8-4-19(5-9-21)27-16-24-17-28-24/h2-13,24H,14-17H2,1H3. The minimum Gasteiger partial charge on any atom is -0.491 e. The first-order valence-electron chi connectivity index (χ1n) is 9.80. The van der Waals surface area contributed by atoms with Crippen molar-refractivity contribution in [2.75, 3.05) is 33.5 Å².